The van der Waals surface area contributed by atoms with Crippen molar-refractivity contribution in [2.24, 2.45) is 5.92 Å². The first kappa shape index (κ1) is 20.7. The minimum atomic E-state index is -0.121. The Morgan fingerprint density at radius 3 is 2.85 bits per heavy atom. The number of fused-ring (bicyclic) bond motifs is 1. The van der Waals surface area contributed by atoms with Gasteiger partial charge in [0.25, 0.3) is 0 Å². The lowest BCUT2D eigenvalue weighted by Crippen LogP contribution is -2.43. The van der Waals surface area contributed by atoms with Gasteiger partial charge in [-0.3, -0.25) is 14.9 Å². The summed E-state index contributed by atoms with van der Waals surface area (Å²) in [4.78, 5) is 27.8. The highest BCUT2D eigenvalue weighted by Gasteiger charge is 2.27. The summed E-state index contributed by atoms with van der Waals surface area (Å²) in [6.45, 7) is 1.87. The molecule has 0 radical (unpaired) electrons. The van der Waals surface area contributed by atoms with Gasteiger partial charge in [-0.25, -0.2) is 4.98 Å². The van der Waals surface area contributed by atoms with E-state index in [4.69, 9.17) is 11.5 Å². The number of nitrogens with zero attached hydrogens (tertiary/aromatic N) is 5. The van der Waals surface area contributed by atoms with Gasteiger partial charge < -0.3 is 21.7 Å². The molecular weight excluding hydrogens is 418 g/mol. The molecule has 1 aromatic carbocycles. The Morgan fingerprint density at radius 1 is 1.15 bits per heavy atom. The average molecular weight is 444 g/mol. The van der Waals surface area contributed by atoms with Crippen molar-refractivity contribution in [3.63, 3.8) is 0 Å². The summed E-state index contributed by atoms with van der Waals surface area (Å²) in [7, 11) is 0. The summed E-state index contributed by atoms with van der Waals surface area (Å²) < 4.78 is 0. The fourth-order valence-corrected chi connectivity index (χ4v) is 4.20. The second-order valence-corrected chi connectivity index (χ2v) is 8.20. The molecule has 10 heteroatoms. The van der Waals surface area contributed by atoms with Crippen molar-refractivity contribution in [3.8, 4) is 11.3 Å². The van der Waals surface area contributed by atoms with Crippen molar-refractivity contribution >= 4 is 34.4 Å². The molecule has 1 amide bonds. The monoisotopic (exact) mass is 443 g/mol. The van der Waals surface area contributed by atoms with Gasteiger partial charge in [0.2, 0.25) is 11.9 Å². The fourth-order valence-electron chi connectivity index (χ4n) is 4.20. The van der Waals surface area contributed by atoms with Crippen LogP contribution in [-0.2, 0) is 11.3 Å². The van der Waals surface area contributed by atoms with Gasteiger partial charge in [-0.1, -0.05) is 6.07 Å². The van der Waals surface area contributed by atoms with E-state index < -0.39 is 0 Å². The third-order valence-corrected chi connectivity index (χ3v) is 5.95. The first-order chi connectivity index (χ1) is 16.1. The molecule has 5 rings (SSSR count). The number of carbonyl (C=O) groups is 1. The predicted octanol–water partition coefficient (Wildman–Crippen LogP) is 2.11. The standard InChI is InChI=1S/C23H25N9O/c24-21-17-4-3-15(10-19(17)30-31-21)18-11-20(29-23(25)28-18)32-9-1-2-16(13-32)22(33)27-12-14-5-7-26-8-6-14/h3-8,10-11,16H,1-2,9,12-13H2,(H,27,33)(H3,24,30,31)(H2,25,28,29). The Morgan fingerprint density at radius 2 is 2.00 bits per heavy atom. The van der Waals surface area contributed by atoms with Crippen molar-refractivity contribution < 1.29 is 4.79 Å². The van der Waals surface area contributed by atoms with Crippen LogP contribution in [0.4, 0.5) is 17.6 Å². The van der Waals surface area contributed by atoms with Crippen molar-refractivity contribution in [1.29, 1.82) is 0 Å². The van der Waals surface area contributed by atoms with Gasteiger partial charge in [-0.05, 0) is 42.7 Å². The highest BCUT2D eigenvalue weighted by molar-refractivity contribution is 5.91. The zero-order valence-electron chi connectivity index (χ0n) is 18.0. The Hall–Kier alpha value is -4.21. The topological polar surface area (TPSA) is 152 Å². The van der Waals surface area contributed by atoms with E-state index in [0.717, 1.165) is 41.4 Å². The summed E-state index contributed by atoms with van der Waals surface area (Å²) in [5.41, 5.74) is 15.4. The highest BCUT2D eigenvalue weighted by Crippen LogP contribution is 2.29. The molecule has 168 valence electrons. The minimum absolute atomic E-state index is 0.0426. The van der Waals surface area contributed by atoms with Crippen molar-refractivity contribution in [1.82, 2.24) is 30.5 Å². The van der Waals surface area contributed by atoms with E-state index in [1.807, 2.05) is 36.4 Å². The van der Waals surface area contributed by atoms with Crippen LogP contribution < -0.4 is 21.7 Å². The molecule has 0 aliphatic carbocycles. The van der Waals surface area contributed by atoms with Crippen LogP contribution in [0.25, 0.3) is 22.2 Å². The first-order valence-electron chi connectivity index (χ1n) is 10.9. The number of rotatable bonds is 5. The number of anilines is 3. The van der Waals surface area contributed by atoms with Gasteiger partial charge in [-0.15, -0.1) is 0 Å². The van der Waals surface area contributed by atoms with Crippen molar-refractivity contribution in [2.75, 3.05) is 29.5 Å². The van der Waals surface area contributed by atoms with Crippen molar-refractivity contribution in [2.45, 2.75) is 19.4 Å². The van der Waals surface area contributed by atoms with Crippen LogP contribution in [0.15, 0.2) is 48.8 Å². The van der Waals surface area contributed by atoms with Gasteiger partial charge in [0.1, 0.15) is 5.82 Å². The minimum Gasteiger partial charge on any atom is -0.382 e. The van der Waals surface area contributed by atoms with Crippen LogP contribution in [0.3, 0.4) is 0 Å². The van der Waals surface area contributed by atoms with Crippen LogP contribution in [0.5, 0.6) is 0 Å². The fraction of sp³-hybridized carbons (Fsp3) is 0.261. The zero-order valence-corrected chi connectivity index (χ0v) is 18.0. The molecule has 1 aliphatic heterocycles. The number of carbonyl (C=O) groups excluding carboxylic acids is 1. The molecule has 0 spiro atoms. The number of H-pyrrole nitrogens is 1. The number of nitrogens with one attached hydrogen (secondary N) is 2. The van der Waals surface area contributed by atoms with Crippen molar-refractivity contribution in [3.05, 3.63) is 54.4 Å². The largest absolute Gasteiger partial charge is 0.382 e. The van der Waals surface area contributed by atoms with Crippen LogP contribution in [0, 0.1) is 5.92 Å². The predicted molar refractivity (Wildman–Crippen MR) is 127 cm³/mol. The van der Waals surface area contributed by atoms with Crippen LogP contribution in [0.2, 0.25) is 0 Å². The number of aromatic amines is 1. The number of benzene rings is 1. The second kappa shape index (κ2) is 8.73. The van der Waals surface area contributed by atoms with E-state index >= 15 is 0 Å². The van der Waals surface area contributed by atoms with E-state index in [-0.39, 0.29) is 17.8 Å². The number of nitrogens with two attached hydrogens (primary N) is 2. The molecule has 33 heavy (non-hydrogen) atoms. The summed E-state index contributed by atoms with van der Waals surface area (Å²) in [6, 6.07) is 11.5. The lowest BCUT2D eigenvalue weighted by molar-refractivity contribution is -0.125. The van der Waals surface area contributed by atoms with Crippen LogP contribution >= 0.6 is 0 Å². The maximum atomic E-state index is 12.8. The second-order valence-electron chi connectivity index (χ2n) is 8.20. The SMILES string of the molecule is Nc1nc(-c2ccc3c(N)n[nH]c3c2)cc(N2CCCC(C(=O)NCc3ccncc3)C2)n1. The molecule has 3 aromatic heterocycles. The molecule has 1 aliphatic rings. The lowest BCUT2D eigenvalue weighted by Gasteiger charge is -2.33. The van der Waals surface area contributed by atoms with E-state index in [2.05, 4.69) is 35.4 Å². The molecule has 4 heterocycles. The molecule has 1 fully saturated rings. The number of pyridine rings is 1. The molecule has 4 aromatic rings. The number of hydrogen-bond donors (Lipinski definition) is 4. The Balaban J connectivity index is 1.33. The summed E-state index contributed by atoms with van der Waals surface area (Å²) in [5, 5.41) is 10.9. The molecule has 6 N–H and O–H groups in total. The molecule has 10 nitrogen and oxygen atoms in total. The smallest absolute Gasteiger partial charge is 0.225 e. The molecule has 0 saturated carbocycles. The molecule has 1 saturated heterocycles. The summed E-state index contributed by atoms with van der Waals surface area (Å²) >= 11 is 0. The van der Waals surface area contributed by atoms with E-state index in [9.17, 15) is 4.79 Å². The number of amides is 1. The third-order valence-electron chi connectivity index (χ3n) is 5.95. The van der Waals surface area contributed by atoms with Gasteiger partial charge in [-0.2, -0.15) is 10.1 Å². The number of nitrogen functional groups attached to an aromatic ring is 2. The van der Waals surface area contributed by atoms with Gasteiger partial charge in [0, 0.05) is 49.0 Å². The molecular formula is C23H25N9O. The van der Waals surface area contributed by atoms with Gasteiger partial charge in [0.05, 0.1) is 17.1 Å². The van der Waals surface area contributed by atoms with Crippen LogP contribution in [0.1, 0.15) is 18.4 Å². The van der Waals surface area contributed by atoms with Gasteiger partial charge in [0.15, 0.2) is 5.82 Å². The average Bonchev–Trinajstić information content (AvgIpc) is 3.23. The first-order valence-corrected chi connectivity index (χ1v) is 10.9. The lowest BCUT2D eigenvalue weighted by atomic mass is 9.97. The Kier molecular flexibility index (Phi) is 5.47. The maximum Gasteiger partial charge on any atom is 0.225 e. The quantitative estimate of drug-likeness (QED) is 0.366. The normalized spacial score (nSPS) is 16.1. The molecule has 1 unspecified atom stereocenters. The maximum absolute atomic E-state index is 12.8. The van der Waals surface area contributed by atoms with Gasteiger partial charge >= 0.3 is 0 Å². The molecule has 1 atom stereocenters. The summed E-state index contributed by atoms with van der Waals surface area (Å²) in [5.74, 6) is 1.29. The third kappa shape index (κ3) is 4.40. The van der Waals surface area contributed by atoms with E-state index in [1.165, 1.54) is 0 Å². The van der Waals surface area contributed by atoms with E-state index in [1.54, 1.807) is 12.4 Å². The zero-order chi connectivity index (χ0) is 22.8. The van der Waals surface area contributed by atoms with E-state index in [0.29, 0.717) is 30.4 Å². The number of hydrogen-bond acceptors (Lipinski definition) is 8. The van der Waals surface area contributed by atoms with Crippen LogP contribution in [-0.4, -0.2) is 44.1 Å². The molecule has 0 bridgehead atoms. The highest BCUT2D eigenvalue weighted by atomic mass is 16.1. The Bertz CT molecular complexity index is 1290. The summed E-state index contributed by atoms with van der Waals surface area (Å²) in [6.07, 6.45) is 5.18. The Labute approximate surface area is 190 Å². The number of aromatic nitrogens is 5. The number of piperidine rings is 1.